The van der Waals surface area contributed by atoms with Gasteiger partial charge >= 0.3 is 5.97 Å². The molecule has 0 aliphatic rings. The number of nitrogens with two attached hydrogens (primary N) is 1. The number of hydrogen-bond acceptors (Lipinski definition) is 3. The van der Waals surface area contributed by atoms with Gasteiger partial charge in [-0.05, 0) is 19.4 Å². The first-order valence-electron chi connectivity index (χ1n) is 4.22. The lowest BCUT2D eigenvalue weighted by Gasteiger charge is -2.12. The van der Waals surface area contributed by atoms with Crippen molar-refractivity contribution in [2.24, 2.45) is 5.73 Å². The van der Waals surface area contributed by atoms with Crippen LogP contribution in [0.25, 0.3) is 0 Å². The van der Waals surface area contributed by atoms with E-state index < -0.39 is 12.0 Å². The molecule has 0 aliphatic carbocycles. The summed E-state index contributed by atoms with van der Waals surface area (Å²) in [7, 11) is 0. The SMILES string of the molecule is Cc1cc(C)c(O)c(C(N)C(=O)O)c1. The number of phenols is 1. The molecule has 1 atom stereocenters. The number of benzene rings is 1. The second-order valence-corrected chi connectivity index (χ2v) is 3.34. The van der Waals surface area contributed by atoms with Crippen molar-refractivity contribution in [2.75, 3.05) is 0 Å². The van der Waals surface area contributed by atoms with Crippen molar-refractivity contribution >= 4 is 5.97 Å². The van der Waals surface area contributed by atoms with Crippen molar-refractivity contribution < 1.29 is 15.0 Å². The van der Waals surface area contributed by atoms with E-state index in [1.54, 1.807) is 19.1 Å². The van der Waals surface area contributed by atoms with Crippen molar-refractivity contribution in [3.05, 3.63) is 28.8 Å². The van der Waals surface area contributed by atoms with Crippen LogP contribution in [0.15, 0.2) is 12.1 Å². The first-order chi connectivity index (χ1) is 6.43. The average molecular weight is 195 g/mol. The molecular weight excluding hydrogens is 182 g/mol. The van der Waals surface area contributed by atoms with Crippen molar-refractivity contribution in [3.63, 3.8) is 0 Å². The molecule has 1 rings (SSSR count). The Hall–Kier alpha value is -1.55. The van der Waals surface area contributed by atoms with Gasteiger partial charge in [-0.3, -0.25) is 4.79 Å². The molecule has 0 bridgehead atoms. The monoisotopic (exact) mass is 195 g/mol. The normalized spacial score (nSPS) is 12.5. The van der Waals surface area contributed by atoms with E-state index >= 15 is 0 Å². The largest absolute Gasteiger partial charge is 0.507 e. The quantitative estimate of drug-likeness (QED) is 0.659. The van der Waals surface area contributed by atoms with Crippen molar-refractivity contribution in [1.82, 2.24) is 0 Å². The highest BCUT2D eigenvalue weighted by atomic mass is 16.4. The van der Waals surface area contributed by atoms with E-state index in [-0.39, 0.29) is 11.3 Å². The summed E-state index contributed by atoms with van der Waals surface area (Å²) in [5, 5.41) is 18.3. The van der Waals surface area contributed by atoms with Crippen LogP contribution in [0.3, 0.4) is 0 Å². The number of carboxylic acid groups (broad SMARTS) is 1. The van der Waals surface area contributed by atoms with Crippen LogP contribution < -0.4 is 5.73 Å². The standard InChI is InChI=1S/C10H13NO3/c1-5-3-6(2)9(12)7(4-5)8(11)10(13)14/h3-4,8,12H,11H2,1-2H3,(H,13,14). The molecule has 0 saturated carbocycles. The van der Waals surface area contributed by atoms with Crippen molar-refractivity contribution in [2.45, 2.75) is 19.9 Å². The Balaban J connectivity index is 3.26. The molecule has 0 saturated heterocycles. The molecule has 0 radical (unpaired) electrons. The fourth-order valence-corrected chi connectivity index (χ4v) is 1.36. The van der Waals surface area contributed by atoms with Crippen LogP contribution >= 0.6 is 0 Å². The molecular formula is C10H13NO3. The minimum Gasteiger partial charge on any atom is -0.507 e. The number of aromatic hydroxyl groups is 1. The molecule has 4 N–H and O–H groups in total. The Morgan fingerprint density at radius 1 is 1.43 bits per heavy atom. The van der Waals surface area contributed by atoms with E-state index in [0.29, 0.717) is 5.56 Å². The van der Waals surface area contributed by atoms with Gasteiger partial charge in [-0.2, -0.15) is 0 Å². The third-order valence-corrected chi connectivity index (χ3v) is 2.08. The predicted molar refractivity (Wildman–Crippen MR) is 52.1 cm³/mol. The molecule has 14 heavy (non-hydrogen) atoms. The lowest BCUT2D eigenvalue weighted by Crippen LogP contribution is -2.21. The summed E-state index contributed by atoms with van der Waals surface area (Å²) < 4.78 is 0. The zero-order chi connectivity index (χ0) is 10.9. The fraction of sp³-hybridized carbons (Fsp3) is 0.300. The number of phenolic OH excluding ortho intramolecular Hbond substituents is 1. The lowest BCUT2D eigenvalue weighted by molar-refractivity contribution is -0.138. The van der Waals surface area contributed by atoms with E-state index in [2.05, 4.69) is 0 Å². The molecule has 1 unspecified atom stereocenters. The van der Waals surface area contributed by atoms with Gasteiger partial charge in [0, 0.05) is 5.56 Å². The maximum absolute atomic E-state index is 10.6. The Morgan fingerprint density at radius 2 is 2.00 bits per heavy atom. The number of carboxylic acids is 1. The van der Waals surface area contributed by atoms with Crippen molar-refractivity contribution in [1.29, 1.82) is 0 Å². The highest BCUT2D eigenvalue weighted by Crippen LogP contribution is 2.27. The summed E-state index contributed by atoms with van der Waals surface area (Å²) in [6, 6.07) is 2.18. The second-order valence-electron chi connectivity index (χ2n) is 3.34. The van der Waals surface area contributed by atoms with Gasteiger partial charge < -0.3 is 15.9 Å². The first-order valence-corrected chi connectivity index (χ1v) is 4.22. The molecule has 0 spiro atoms. The van der Waals surface area contributed by atoms with Crippen LogP contribution in [-0.4, -0.2) is 16.2 Å². The van der Waals surface area contributed by atoms with Crippen LogP contribution in [0.2, 0.25) is 0 Å². The average Bonchev–Trinajstić information content (AvgIpc) is 2.09. The van der Waals surface area contributed by atoms with Gasteiger partial charge in [0.2, 0.25) is 0 Å². The number of aryl methyl sites for hydroxylation is 2. The Morgan fingerprint density at radius 3 is 2.50 bits per heavy atom. The van der Waals surface area contributed by atoms with Gasteiger partial charge in [-0.15, -0.1) is 0 Å². The molecule has 1 aromatic rings. The van der Waals surface area contributed by atoms with E-state index in [1.807, 2.05) is 6.92 Å². The number of hydrogen-bond donors (Lipinski definition) is 3. The van der Waals surface area contributed by atoms with E-state index in [0.717, 1.165) is 5.56 Å². The van der Waals surface area contributed by atoms with Gasteiger partial charge in [0.05, 0.1) is 0 Å². The molecule has 0 amide bonds. The predicted octanol–water partition coefficient (Wildman–Crippen LogP) is 1.09. The van der Waals surface area contributed by atoms with Crippen LogP contribution in [0.1, 0.15) is 22.7 Å². The summed E-state index contributed by atoms with van der Waals surface area (Å²) in [4.78, 5) is 10.6. The van der Waals surface area contributed by atoms with E-state index in [4.69, 9.17) is 10.8 Å². The molecule has 0 aromatic heterocycles. The lowest BCUT2D eigenvalue weighted by atomic mass is 10.0. The fourth-order valence-electron chi connectivity index (χ4n) is 1.36. The Labute approximate surface area is 82.0 Å². The highest BCUT2D eigenvalue weighted by molar-refractivity contribution is 5.76. The summed E-state index contributed by atoms with van der Waals surface area (Å²) in [6.07, 6.45) is 0. The molecule has 1 aromatic carbocycles. The smallest absolute Gasteiger partial charge is 0.325 e. The summed E-state index contributed by atoms with van der Waals surface area (Å²) >= 11 is 0. The Bertz CT molecular complexity index is 374. The number of rotatable bonds is 2. The zero-order valence-corrected chi connectivity index (χ0v) is 8.11. The maximum atomic E-state index is 10.6. The molecule has 0 heterocycles. The second kappa shape index (κ2) is 3.67. The summed E-state index contributed by atoms with van der Waals surface area (Å²) in [5.41, 5.74) is 7.19. The molecule has 76 valence electrons. The minimum absolute atomic E-state index is 0.0366. The van der Waals surface area contributed by atoms with Gasteiger partial charge in [0.15, 0.2) is 0 Å². The summed E-state index contributed by atoms with van der Waals surface area (Å²) in [5.74, 6) is -1.18. The van der Waals surface area contributed by atoms with Gasteiger partial charge in [0.25, 0.3) is 0 Å². The topological polar surface area (TPSA) is 83.5 Å². The van der Waals surface area contributed by atoms with Crippen LogP contribution in [-0.2, 0) is 4.79 Å². The molecule has 0 fully saturated rings. The molecule has 4 heteroatoms. The van der Waals surface area contributed by atoms with Crippen LogP contribution in [0, 0.1) is 13.8 Å². The maximum Gasteiger partial charge on any atom is 0.325 e. The zero-order valence-electron chi connectivity index (χ0n) is 8.11. The number of carbonyl (C=O) groups is 1. The van der Waals surface area contributed by atoms with E-state index in [9.17, 15) is 9.90 Å². The van der Waals surface area contributed by atoms with Gasteiger partial charge in [-0.25, -0.2) is 0 Å². The minimum atomic E-state index is -1.17. The van der Waals surface area contributed by atoms with Gasteiger partial charge in [0.1, 0.15) is 11.8 Å². The first kappa shape index (κ1) is 10.5. The van der Waals surface area contributed by atoms with E-state index in [1.165, 1.54) is 0 Å². The van der Waals surface area contributed by atoms with Crippen molar-refractivity contribution in [3.8, 4) is 5.75 Å². The molecule has 0 aliphatic heterocycles. The molecule has 4 nitrogen and oxygen atoms in total. The number of aliphatic carboxylic acids is 1. The third kappa shape index (κ3) is 1.85. The van der Waals surface area contributed by atoms with Crippen LogP contribution in [0.5, 0.6) is 5.75 Å². The van der Waals surface area contributed by atoms with Gasteiger partial charge in [-0.1, -0.05) is 17.7 Å². The highest BCUT2D eigenvalue weighted by Gasteiger charge is 2.19. The van der Waals surface area contributed by atoms with Crippen LogP contribution in [0.4, 0.5) is 0 Å². The summed E-state index contributed by atoms with van der Waals surface area (Å²) in [6.45, 7) is 3.53. The Kier molecular flexibility index (Phi) is 2.76. The third-order valence-electron chi connectivity index (χ3n) is 2.08.